The molecule has 0 aromatic heterocycles. The van der Waals surface area contributed by atoms with Gasteiger partial charge in [-0.1, -0.05) is 103 Å². The fourth-order valence-corrected chi connectivity index (χ4v) is 7.43. The second kappa shape index (κ2) is 11.0. The zero-order valence-corrected chi connectivity index (χ0v) is 26.0. The minimum atomic E-state index is -4.49. The Morgan fingerprint density at radius 3 is 1.42 bits per heavy atom. The van der Waals surface area contributed by atoms with E-state index in [1.54, 1.807) is 4.90 Å². The monoisotopic (exact) mass is 667 g/mol. The maximum absolute atomic E-state index is 15.1. The number of nitrogens with zero attached hydrogens (tertiary/aromatic N) is 1. The molecule has 242 valence electrons. The Morgan fingerprint density at radius 1 is 0.440 bits per heavy atom. The molecule has 9 rings (SSSR count). The van der Waals surface area contributed by atoms with Crippen molar-refractivity contribution in [1.82, 2.24) is 0 Å². The largest absolute Gasteiger partial charge is 0.416 e. The molecule has 7 heteroatoms. The highest BCUT2D eigenvalue weighted by Gasteiger charge is 2.30. The van der Waals surface area contributed by atoms with E-state index in [9.17, 15) is 17.6 Å². The summed E-state index contributed by atoms with van der Waals surface area (Å²) in [6.07, 6.45) is -4.49. The van der Waals surface area contributed by atoms with Gasteiger partial charge in [-0.3, -0.25) is 0 Å². The van der Waals surface area contributed by atoms with E-state index in [1.807, 2.05) is 91.0 Å². The van der Waals surface area contributed by atoms with Gasteiger partial charge in [0, 0.05) is 28.6 Å². The van der Waals surface area contributed by atoms with Gasteiger partial charge in [0.05, 0.1) is 16.9 Å². The van der Waals surface area contributed by atoms with Crippen molar-refractivity contribution in [2.45, 2.75) is 6.18 Å². The lowest BCUT2D eigenvalue weighted by molar-refractivity contribution is -0.137. The maximum Gasteiger partial charge on any atom is 0.416 e. The second-order valence-electron chi connectivity index (χ2n) is 12.4. The number of alkyl halides is 3. The Bertz CT molecular complexity index is 2640. The fraction of sp³-hybridized carbons (Fsp3) is 0.0233. The van der Waals surface area contributed by atoms with Gasteiger partial charge in [0.2, 0.25) is 0 Å². The van der Waals surface area contributed by atoms with E-state index in [-0.39, 0.29) is 5.69 Å². The van der Waals surface area contributed by atoms with Gasteiger partial charge in [-0.25, -0.2) is 13.2 Å². The zero-order valence-electron chi connectivity index (χ0n) is 26.0. The molecule has 0 spiro atoms. The van der Waals surface area contributed by atoms with Crippen LogP contribution in [0.25, 0.3) is 65.0 Å². The van der Waals surface area contributed by atoms with Crippen molar-refractivity contribution in [1.29, 1.82) is 0 Å². The van der Waals surface area contributed by atoms with Crippen LogP contribution in [0.1, 0.15) is 5.56 Å². The predicted octanol–water partition coefficient (Wildman–Crippen LogP) is 13.5. The summed E-state index contributed by atoms with van der Waals surface area (Å²) in [4.78, 5) is 1.74. The van der Waals surface area contributed by atoms with Crippen LogP contribution in [0.4, 0.5) is 43.4 Å². The summed E-state index contributed by atoms with van der Waals surface area (Å²) in [7, 11) is 0. The molecule has 9 aromatic carbocycles. The van der Waals surface area contributed by atoms with Crippen molar-refractivity contribution < 1.29 is 26.3 Å². The van der Waals surface area contributed by atoms with Gasteiger partial charge in [0.15, 0.2) is 17.5 Å². The lowest BCUT2D eigenvalue weighted by atomic mass is 9.89. The molecule has 0 amide bonds. The highest BCUT2D eigenvalue weighted by molar-refractivity contribution is 6.25. The first-order chi connectivity index (χ1) is 24.2. The molecule has 9 aromatic rings. The van der Waals surface area contributed by atoms with Crippen molar-refractivity contribution in [2.75, 3.05) is 4.90 Å². The maximum atomic E-state index is 15.1. The van der Waals surface area contributed by atoms with Gasteiger partial charge in [-0.15, -0.1) is 0 Å². The van der Waals surface area contributed by atoms with Crippen LogP contribution < -0.4 is 4.90 Å². The third-order valence-corrected chi connectivity index (χ3v) is 9.56. The number of anilines is 3. The molecular formula is C43H23F6N. The van der Waals surface area contributed by atoms with Crippen LogP contribution >= 0.6 is 0 Å². The Kier molecular flexibility index (Phi) is 6.58. The van der Waals surface area contributed by atoms with E-state index >= 15 is 8.78 Å². The lowest BCUT2D eigenvalue weighted by Gasteiger charge is -2.30. The topological polar surface area (TPSA) is 3.24 Å². The third-order valence-electron chi connectivity index (χ3n) is 9.56. The van der Waals surface area contributed by atoms with Gasteiger partial charge in [0.1, 0.15) is 0 Å². The van der Waals surface area contributed by atoms with Crippen LogP contribution in [-0.4, -0.2) is 0 Å². The molecule has 0 saturated carbocycles. The summed E-state index contributed by atoms with van der Waals surface area (Å²) in [6.45, 7) is 0. The van der Waals surface area contributed by atoms with Crippen LogP contribution in [0.3, 0.4) is 0 Å². The number of hydrogen-bond acceptors (Lipinski definition) is 1. The summed E-state index contributed by atoms with van der Waals surface area (Å²) >= 11 is 0. The Hall–Kier alpha value is -6.08. The smallest absolute Gasteiger partial charge is 0.309 e. The Labute approximate surface area is 281 Å². The number of halogens is 6. The fourth-order valence-electron chi connectivity index (χ4n) is 7.43. The van der Waals surface area contributed by atoms with E-state index in [0.29, 0.717) is 44.0 Å². The molecule has 0 fully saturated rings. The van der Waals surface area contributed by atoms with Gasteiger partial charge in [-0.2, -0.15) is 13.2 Å². The second-order valence-corrected chi connectivity index (χ2v) is 12.4. The summed E-state index contributed by atoms with van der Waals surface area (Å²) < 4.78 is 85.2. The van der Waals surface area contributed by atoms with Crippen LogP contribution in [-0.2, 0) is 6.18 Å². The molecule has 0 radical (unpaired) electrons. The molecule has 0 aliphatic carbocycles. The normalized spacial score (nSPS) is 12.2. The van der Waals surface area contributed by atoms with Crippen LogP contribution in [0.5, 0.6) is 0 Å². The molecule has 0 aliphatic rings. The van der Waals surface area contributed by atoms with Gasteiger partial charge in [0.25, 0.3) is 0 Å². The molecule has 0 N–H and O–H groups in total. The van der Waals surface area contributed by atoms with E-state index in [2.05, 4.69) is 12.1 Å². The predicted molar refractivity (Wildman–Crippen MR) is 190 cm³/mol. The van der Waals surface area contributed by atoms with E-state index in [4.69, 9.17) is 0 Å². The van der Waals surface area contributed by atoms with E-state index < -0.39 is 29.2 Å². The average molecular weight is 668 g/mol. The minimum absolute atomic E-state index is 0.0619. The zero-order chi connectivity index (χ0) is 34.3. The van der Waals surface area contributed by atoms with Crippen LogP contribution in [0.15, 0.2) is 140 Å². The van der Waals surface area contributed by atoms with Crippen molar-refractivity contribution in [2.24, 2.45) is 0 Å². The SMILES string of the molecule is Fc1cc(N(c2cc3ccc4cccc5ccc(c2)c3c45)c2c3ccccc3c(-c3ccc(C(F)(F)F)cc3)c3ccccc23)cc(F)c1F. The lowest BCUT2D eigenvalue weighted by Crippen LogP contribution is -2.13. The molecule has 0 heterocycles. The molecule has 0 bridgehead atoms. The standard InChI is InChI=1S/C43H23F6N/c44-36-22-31(23-37(45)41(36)46)50(30-20-27-14-12-24-6-5-7-25-13-15-28(21-30)39(27)38(24)25)42-34-10-3-1-8-32(34)40(33-9-2-4-11-35(33)42)26-16-18-29(19-17-26)43(47,48)49/h1-23H. The highest BCUT2D eigenvalue weighted by Crippen LogP contribution is 2.50. The van der Waals surface area contributed by atoms with Crippen LogP contribution in [0, 0.1) is 17.5 Å². The Balaban J connectivity index is 1.39. The van der Waals surface area contributed by atoms with Gasteiger partial charge < -0.3 is 4.90 Å². The number of fused-ring (bicyclic) bond motifs is 2. The van der Waals surface area contributed by atoms with Gasteiger partial charge >= 0.3 is 6.18 Å². The Morgan fingerprint density at radius 2 is 0.900 bits per heavy atom. The van der Waals surface area contributed by atoms with Crippen molar-refractivity contribution in [3.8, 4) is 11.1 Å². The summed E-state index contributed by atoms with van der Waals surface area (Å²) in [5.74, 6) is -4.24. The molecule has 0 saturated heterocycles. The summed E-state index contributed by atoms with van der Waals surface area (Å²) in [5.41, 5.74) is 1.74. The van der Waals surface area contributed by atoms with Gasteiger partial charge in [-0.05, 0) is 78.5 Å². The average Bonchev–Trinajstić information content (AvgIpc) is 3.12. The van der Waals surface area contributed by atoms with Crippen molar-refractivity contribution >= 4 is 70.9 Å². The summed E-state index contributed by atoms with van der Waals surface area (Å²) in [5, 5.41) is 8.93. The molecule has 0 unspecified atom stereocenters. The van der Waals surface area contributed by atoms with Crippen molar-refractivity contribution in [3.05, 3.63) is 163 Å². The minimum Gasteiger partial charge on any atom is -0.309 e. The quantitative estimate of drug-likeness (QED) is 0.0781. The third kappa shape index (κ3) is 4.57. The molecule has 50 heavy (non-hydrogen) atoms. The van der Waals surface area contributed by atoms with E-state index in [0.717, 1.165) is 56.6 Å². The molecule has 0 aliphatic heterocycles. The first kappa shape index (κ1) is 30.0. The summed E-state index contributed by atoms with van der Waals surface area (Å²) in [6, 6.07) is 40.0. The first-order valence-electron chi connectivity index (χ1n) is 15.9. The number of rotatable bonds is 4. The number of benzene rings is 9. The van der Waals surface area contributed by atoms with E-state index in [1.165, 1.54) is 12.1 Å². The first-order valence-corrected chi connectivity index (χ1v) is 15.9. The molecule has 1 nitrogen and oxygen atoms in total. The molecule has 0 atom stereocenters. The molecular weight excluding hydrogens is 644 g/mol. The van der Waals surface area contributed by atoms with Crippen molar-refractivity contribution in [3.63, 3.8) is 0 Å². The highest BCUT2D eigenvalue weighted by atomic mass is 19.4. The number of hydrogen-bond donors (Lipinski definition) is 0. The van der Waals surface area contributed by atoms with Crippen LogP contribution in [0.2, 0.25) is 0 Å².